The van der Waals surface area contributed by atoms with E-state index in [1.807, 2.05) is 47.4 Å². The number of urea groups is 1. The van der Waals surface area contributed by atoms with Gasteiger partial charge in [0.2, 0.25) is 0 Å². The normalized spacial score (nSPS) is 19.3. The van der Waals surface area contributed by atoms with Crippen LogP contribution in [0.3, 0.4) is 0 Å². The number of nitrogens with one attached hydrogen (secondary N) is 1. The smallest absolute Gasteiger partial charge is 0.318 e. The van der Waals surface area contributed by atoms with Crippen LogP contribution in [-0.2, 0) is 4.74 Å². The molecule has 1 saturated heterocycles. The van der Waals surface area contributed by atoms with Crippen LogP contribution in [0.25, 0.3) is 0 Å². The summed E-state index contributed by atoms with van der Waals surface area (Å²) < 4.78 is 11.2. The highest BCUT2D eigenvalue weighted by atomic mass is 16.5. The zero-order valence-corrected chi connectivity index (χ0v) is 13.3. The van der Waals surface area contributed by atoms with Crippen LogP contribution in [0.4, 0.5) is 4.79 Å². The fourth-order valence-corrected chi connectivity index (χ4v) is 2.79. The van der Waals surface area contributed by atoms with E-state index in [0.717, 1.165) is 17.7 Å². The summed E-state index contributed by atoms with van der Waals surface area (Å²) in [5.41, 5.74) is 0.996. The summed E-state index contributed by atoms with van der Waals surface area (Å²) in [4.78, 5) is 14.5. The van der Waals surface area contributed by atoms with Crippen LogP contribution >= 0.6 is 0 Å². The van der Waals surface area contributed by atoms with E-state index < -0.39 is 0 Å². The molecule has 2 atom stereocenters. The van der Waals surface area contributed by atoms with Crippen LogP contribution < -0.4 is 5.32 Å². The van der Waals surface area contributed by atoms with E-state index in [0.29, 0.717) is 19.7 Å². The molecule has 1 aliphatic heterocycles. The minimum Gasteiger partial charge on any atom is -0.467 e. The second-order valence-electron chi connectivity index (χ2n) is 5.66. The van der Waals surface area contributed by atoms with Crippen molar-refractivity contribution in [2.75, 3.05) is 19.7 Å². The molecule has 1 N–H and O–H groups in total. The van der Waals surface area contributed by atoms with Gasteiger partial charge in [-0.05, 0) is 24.1 Å². The molecule has 1 fully saturated rings. The fourth-order valence-electron chi connectivity index (χ4n) is 2.79. The van der Waals surface area contributed by atoms with Gasteiger partial charge in [0.15, 0.2) is 0 Å². The number of nitrogens with zero attached hydrogens (tertiary/aromatic N) is 1. The lowest BCUT2D eigenvalue weighted by atomic mass is 10.0. The molecular formula is C18H22N2O3. The van der Waals surface area contributed by atoms with E-state index in [-0.39, 0.29) is 18.2 Å². The SMILES string of the molecule is CC[C@@H]1CN(C(=O)N[C@@H](c2ccccc2)c2ccco2)CCO1. The van der Waals surface area contributed by atoms with Gasteiger partial charge in [0.05, 0.1) is 19.0 Å². The summed E-state index contributed by atoms with van der Waals surface area (Å²) in [5.74, 6) is 0.727. The van der Waals surface area contributed by atoms with Crippen molar-refractivity contribution in [1.29, 1.82) is 0 Å². The van der Waals surface area contributed by atoms with Crippen molar-refractivity contribution < 1.29 is 13.9 Å². The van der Waals surface area contributed by atoms with Crippen molar-refractivity contribution in [1.82, 2.24) is 10.2 Å². The average Bonchev–Trinajstić information content (AvgIpc) is 3.14. The zero-order valence-electron chi connectivity index (χ0n) is 13.3. The van der Waals surface area contributed by atoms with E-state index in [1.165, 1.54) is 0 Å². The molecule has 122 valence electrons. The van der Waals surface area contributed by atoms with Crippen LogP contribution in [0, 0.1) is 0 Å². The summed E-state index contributed by atoms with van der Waals surface area (Å²) in [5, 5.41) is 3.09. The van der Waals surface area contributed by atoms with Gasteiger partial charge in [0, 0.05) is 13.1 Å². The maximum Gasteiger partial charge on any atom is 0.318 e. The molecule has 5 nitrogen and oxygen atoms in total. The first kappa shape index (κ1) is 15.6. The number of ether oxygens (including phenoxy) is 1. The lowest BCUT2D eigenvalue weighted by molar-refractivity contribution is -0.0156. The van der Waals surface area contributed by atoms with Gasteiger partial charge in [-0.3, -0.25) is 0 Å². The van der Waals surface area contributed by atoms with Gasteiger partial charge < -0.3 is 19.4 Å². The Hall–Kier alpha value is -2.27. The molecule has 2 heterocycles. The minimum absolute atomic E-state index is 0.0861. The Morgan fingerprint density at radius 1 is 1.30 bits per heavy atom. The van der Waals surface area contributed by atoms with E-state index in [9.17, 15) is 4.79 Å². The van der Waals surface area contributed by atoms with Crippen molar-refractivity contribution in [3.8, 4) is 0 Å². The third-order valence-electron chi connectivity index (χ3n) is 4.11. The third-order valence-corrected chi connectivity index (χ3v) is 4.11. The van der Waals surface area contributed by atoms with Crippen LogP contribution in [0.15, 0.2) is 53.1 Å². The van der Waals surface area contributed by atoms with Crippen molar-refractivity contribution in [2.45, 2.75) is 25.5 Å². The zero-order chi connectivity index (χ0) is 16.1. The lowest BCUT2D eigenvalue weighted by Crippen LogP contribution is -2.50. The van der Waals surface area contributed by atoms with Crippen molar-refractivity contribution in [3.05, 3.63) is 60.1 Å². The molecule has 0 unspecified atom stereocenters. The van der Waals surface area contributed by atoms with Gasteiger partial charge in [-0.25, -0.2) is 4.79 Å². The minimum atomic E-state index is -0.290. The van der Waals surface area contributed by atoms with Crippen LogP contribution in [0.5, 0.6) is 0 Å². The molecule has 0 aliphatic carbocycles. The maximum atomic E-state index is 12.7. The summed E-state index contributed by atoms with van der Waals surface area (Å²) in [7, 11) is 0. The number of morpholine rings is 1. The number of benzene rings is 1. The molecule has 5 heteroatoms. The Morgan fingerprint density at radius 3 is 2.83 bits per heavy atom. The predicted octanol–water partition coefficient (Wildman–Crippen LogP) is 3.19. The summed E-state index contributed by atoms with van der Waals surface area (Å²) in [6, 6.07) is 13.2. The third kappa shape index (κ3) is 3.74. The second-order valence-corrected chi connectivity index (χ2v) is 5.66. The highest BCUT2D eigenvalue weighted by Gasteiger charge is 2.26. The van der Waals surface area contributed by atoms with Gasteiger partial charge in [0.25, 0.3) is 0 Å². The Balaban J connectivity index is 1.75. The summed E-state index contributed by atoms with van der Waals surface area (Å²) in [6.07, 6.45) is 2.65. The fraction of sp³-hybridized carbons (Fsp3) is 0.389. The molecule has 2 amide bonds. The molecule has 0 spiro atoms. The number of rotatable bonds is 4. The monoisotopic (exact) mass is 314 g/mol. The quantitative estimate of drug-likeness (QED) is 0.943. The topological polar surface area (TPSA) is 54.7 Å². The highest BCUT2D eigenvalue weighted by Crippen LogP contribution is 2.23. The Kier molecular flexibility index (Phi) is 4.98. The average molecular weight is 314 g/mol. The number of amides is 2. The number of furan rings is 1. The number of carbonyl (C=O) groups excluding carboxylic acids is 1. The van der Waals surface area contributed by atoms with Gasteiger partial charge in [-0.15, -0.1) is 0 Å². The number of hydrogen-bond acceptors (Lipinski definition) is 3. The van der Waals surface area contributed by atoms with E-state index >= 15 is 0 Å². The van der Waals surface area contributed by atoms with Crippen molar-refractivity contribution in [3.63, 3.8) is 0 Å². The van der Waals surface area contributed by atoms with Gasteiger partial charge in [0.1, 0.15) is 11.8 Å². The second kappa shape index (κ2) is 7.33. The number of carbonyl (C=O) groups is 1. The molecule has 2 aromatic rings. The molecule has 1 aliphatic rings. The molecule has 0 bridgehead atoms. The van der Waals surface area contributed by atoms with Crippen LogP contribution in [0.2, 0.25) is 0 Å². The molecule has 0 saturated carbocycles. The van der Waals surface area contributed by atoms with Crippen molar-refractivity contribution in [2.24, 2.45) is 0 Å². The molecule has 0 radical (unpaired) electrons. The first-order valence-electron chi connectivity index (χ1n) is 8.03. The molecule has 1 aromatic carbocycles. The first-order valence-corrected chi connectivity index (χ1v) is 8.03. The molecule has 1 aromatic heterocycles. The first-order chi connectivity index (χ1) is 11.3. The van der Waals surface area contributed by atoms with E-state index in [2.05, 4.69) is 12.2 Å². The Bertz CT molecular complexity index is 612. The maximum absolute atomic E-state index is 12.7. The number of hydrogen-bond donors (Lipinski definition) is 1. The largest absolute Gasteiger partial charge is 0.467 e. The Morgan fingerprint density at radius 2 is 2.13 bits per heavy atom. The summed E-state index contributed by atoms with van der Waals surface area (Å²) >= 11 is 0. The predicted molar refractivity (Wildman–Crippen MR) is 87.1 cm³/mol. The molecule has 23 heavy (non-hydrogen) atoms. The Labute approximate surface area is 136 Å². The van der Waals surface area contributed by atoms with Gasteiger partial charge in [-0.2, -0.15) is 0 Å². The van der Waals surface area contributed by atoms with Gasteiger partial charge >= 0.3 is 6.03 Å². The van der Waals surface area contributed by atoms with Crippen LogP contribution in [-0.4, -0.2) is 36.7 Å². The summed E-state index contributed by atoms with van der Waals surface area (Å²) in [6.45, 7) is 3.90. The molecular weight excluding hydrogens is 292 g/mol. The van der Waals surface area contributed by atoms with E-state index in [1.54, 1.807) is 6.26 Å². The van der Waals surface area contributed by atoms with Gasteiger partial charge in [-0.1, -0.05) is 37.3 Å². The van der Waals surface area contributed by atoms with Crippen LogP contribution in [0.1, 0.15) is 30.7 Å². The van der Waals surface area contributed by atoms with E-state index in [4.69, 9.17) is 9.15 Å². The standard InChI is InChI=1S/C18H22N2O3/c1-2-15-13-20(10-12-22-15)18(21)19-17(16-9-6-11-23-16)14-7-4-3-5-8-14/h3-9,11,15,17H,2,10,12-13H2,1H3,(H,19,21)/t15-,17+/m1/s1. The molecule has 3 rings (SSSR count). The highest BCUT2D eigenvalue weighted by molar-refractivity contribution is 5.75. The van der Waals surface area contributed by atoms with Crippen molar-refractivity contribution >= 4 is 6.03 Å². The lowest BCUT2D eigenvalue weighted by Gasteiger charge is -2.33.